The lowest BCUT2D eigenvalue weighted by Crippen LogP contribution is -2.36. The van der Waals surface area contributed by atoms with Crippen LogP contribution in [0.1, 0.15) is 12.8 Å². The zero-order valence-electron chi connectivity index (χ0n) is 10.2. The first-order valence-electron chi connectivity index (χ1n) is 6.29. The van der Waals surface area contributed by atoms with Gasteiger partial charge in [-0.3, -0.25) is 0 Å². The van der Waals surface area contributed by atoms with Gasteiger partial charge in [0.15, 0.2) is 0 Å². The van der Waals surface area contributed by atoms with Gasteiger partial charge in [0.2, 0.25) is 5.95 Å². The fourth-order valence-corrected chi connectivity index (χ4v) is 2.37. The molecular formula is C14H16N4. The third-order valence-electron chi connectivity index (χ3n) is 3.20. The Balaban J connectivity index is 1.76. The summed E-state index contributed by atoms with van der Waals surface area (Å²) in [5, 5.41) is 3.39. The van der Waals surface area contributed by atoms with E-state index in [9.17, 15) is 0 Å². The van der Waals surface area contributed by atoms with Crippen molar-refractivity contribution in [1.29, 1.82) is 0 Å². The van der Waals surface area contributed by atoms with Crippen molar-refractivity contribution in [3.8, 4) is 0 Å². The van der Waals surface area contributed by atoms with Crippen molar-refractivity contribution < 1.29 is 0 Å². The topological polar surface area (TPSA) is 41.0 Å². The van der Waals surface area contributed by atoms with Crippen LogP contribution in [-0.2, 0) is 0 Å². The van der Waals surface area contributed by atoms with Crippen molar-refractivity contribution in [2.24, 2.45) is 0 Å². The predicted molar refractivity (Wildman–Crippen MR) is 72.5 cm³/mol. The highest BCUT2D eigenvalue weighted by Crippen LogP contribution is 2.25. The molecule has 1 fully saturated rings. The molecule has 3 rings (SSSR count). The molecule has 0 aliphatic carbocycles. The third-order valence-corrected chi connectivity index (χ3v) is 3.20. The summed E-state index contributed by atoms with van der Waals surface area (Å²) in [6.45, 7) is 1.08. The summed E-state index contributed by atoms with van der Waals surface area (Å²) in [6, 6.07) is 12.3. The SMILES string of the molecule is c1ccc(N2CCC[C@H]2Nc2ncccn2)cc1. The van der Waals surface area contributed by atoms with Crippen LogP contribution in [0, 0.1) is 0 Å². The van der Waals surface area contributed by atoms with Gasteiger partial charge in [-0.1, -0.05) is 18.2 Å². The molecule has 0 bridgehead atoms. The first kappa shape index (κ1) is 11.0. The van der Waals surface area contributed by atoms with Crippen LogP contribution in [0.25, 0.3) is 0 Å². The number of benzene rings is 1. The summed E-state index contributed by atoms with van der Waals surface area (Å²) in [7, 11) is 0. The van der Waals surface area contributed by atoms with E-state index in [2.05, 4.69) is 44.5 Å². The average molecular weight is 240 g/mol. The van der Waals surface area contributed by atoms with Crippen molar-refractivity contribution in [3.05, 3.63) is 48.8 Å². The standard InChI is InChI=1S/C14H16N4/c1-2-6-12(7-3-1)18-11-4-8-13(18)17-14-15-9-5-10-16-14/h1-3,5-7,9-10,13H,4,8,11H2,(H,15,16,17)/t13-/m0/s1. The molecule has 92 valence electrons. The van der Waals surface area contributed by atoms with Crippen molar-refractivity contribution >= 4 is 11.6 Å². The number of hydrogen-bond acceptors (Lipinski definition) is 4. The van der Waals surface area contributed by atoms with Crippen molar-refractivity contribution in [1.82, 2.24) is 9.97 Å². The van der Waals surface area contributed by atoms with Crippen LogP contribution in [0.3, 0.4) is 0 Å². The van der Waals surface area contributed by atoms with Crippen LogP contribution < -0.4 is 10.2 Å². The minimum Gasteiger partial charge on any atom is -0.351 e. The highest BCUT2D eigenvalue weighted by Gasteiger charge is 2.24. The first-order valence-corrected chi connectivity index (χ1v) is 6.29. The summed E-state index contributed by atoms with van der Waals surface area (Å²) >= 11 is 0. The van der Waals surface area contributed by atoms with E-state index in [1.807, 2.05) is 12.1 Å². The minimum atomic E-state index is 0.287. The van der Waals surface area contributed by atoms with E-state index in [4.69, 9.17) is 0 Å². The molecule has 0 spiro atoms. The van der Waals surface area contributed by atoms with Crippen LogP contribution >= 0.6 is 0 Å². The van der Waals surface area contributed by atoms with Crippen LogP contribution in [0.15, 0.2) is 48.8 Å². The molecule has 0 saturated carbocycles. The van der Waals surface area contributed by atoms with E-state index in [0.29, 0.717) is 5.95 Å². The second-order valence-electron chi connectivity index (χ2n) is 4.40. The third kappa shape index (κ3) is 2.27. The molecule has 1 aliphatic heterocycles. The van der Waals surface area contributed by atoms with Gasteiger partial charge in [0.25, 0.3) is 0 Å². The lowest BCUT2D eigenvalue weighted by Gasteiger charge is -2.27. The molecule has 0 radical (unpaired) electrons. The molecule has 1 atom stereocenters. The number of aromatic nitrogens is 2. The van der Waals surface area contributed by atoms with Gasteiger partial charge >= 0.3 is 0 Å². The number of rotatable bonds is 3. The number of para-hydroxylation sites is 1. The molecule has 1 aliphatic rings. The molecule has 2 aromatic rings. The van der Waals surface area contributed by atoms with Crippen LogP contribution in [0.4, 0.5) is 11.6 Å². The van der Waals surface area contributed by atoms with Crippen molar-refractivity contribution in [3.63, 3.8) is 0 Å². The molecule has 0 amide bonds. The Morgan fingerprint density at radius 1 is 1.06 bits per heavy atom. The monoisotopic (exact) mass is 240 g/mol. The molecule has 1 N–H and O–H groups in total. The molecule has 4 nitrogen and oxygen atoms in total. The maximum atomic E-state index is 4.22. The fourth-order valence-electron chi connectivity index (χ4n) is 2.37. The van der Waals surface area contributed by atoms with E-state index >= 15 is 0 Å². The maximum absolute atomic E-state index is 4.22. The van der Waals surface area contributed by atoms with Gasteiger partial charge in [0, 0.05) is 24.6 Å². The average Bonchev–Trinajstić information content (AvgIpc) is 2.89. The Hall–Kier alpha value is -2.10. The maximum Gasteiger partial charge on any atom is 0.224 e. The molecule has 0 unspecified atom stereocenters. The van der Waals surface area contributed by atoms with Gasteiger partial charge in [-0.15, -0.1) is 0 Å². The number of anilines is 2. The zero-order valence-corrected chi connectivity index (χ0v) is 10.2. The second kappa shape index (κ2) is 5.04. The molecule has 1 aromatic heterocycles. The number of hydrogen-bond donors (Lipinski definition) is 1. The summed E-state index contributed by atoms with van der Waals surface area (Å²) in [6.07, 6.45) is 6.12. The second-order valence-corrected chi connectivity index (χ2v) is 4.40. The minimum absolute atomic E-state index is 0.287. The Morgan fingerprint density at radius 2 is 1.83 bits per heavy atom. The highest BCUT2D eigenvalue weighted by atomic mass is 15.3. The molecule has 2 heterocycles. The number of nitrogens with one attached hydrogen (secondary N) is 1. The normalized spacial score (nSPS) is 18.9. The predicted octanol–water partition coefficient (Wildman–Crippen LogP) is 2.52. The Bertz CT molecular complexity index is 486. The highest BCUT2D eigenvalue weighted by molar-refractivity contribution is 5.49. The zero-order chi connectivity index (χ0) is 12.2. The Labute approximate surface area is 107 Å². The van der Waals surface area contributed by atoms with Gasteiger partial charge in [-0.05, 0) is 31.0 Å². The lowest BCUT2D eigenvalue weighted by atomic mass is 10.3. The van der Waals surface area contributed by atoms with E-state index in [1.54, 1.807) is 12.4 Å². The van der Waals surface area contributed by atoms with Crippen molar-refractivity contribution in [2.75, 3.05) is 16.8 Å². The largest absolute Gasteiger partial charge is 0.351 e. The summed E-state index contributed by atoms with van der Waals surface area (Å²) in [5.74, 6) is 0.699. The van der Waals surface area contributed by atoms with Crippen LogP contribution in [0.5, 0.6) is 0 Å². The summed E-state index contributed by atoms with van der Waals surface area (Å²) in [5.41, 5.74) is 1.25. The van der Waals surface area contributed by atoms with Gasteiger partial charge in [0.05, 0.1) is 0 Å². The van der Waals surface area contributed by atoms with E-state index in [1.165, 1.54) is 12.1 Å². The lowest BCUT2D eigenvalue weighted by molar-refractivity contribution is 0.739. The fraction of sp³-hybridized carbons (Fsp3) is 0.286. The Kier molecular flexibility index (Phi) is 3.08. The quantitative estimate of drug-likeness (QED) is 0.895. The molecule has 1 saturated heterocycles. The summed E-state index contributed by atoms with van der Waals surface area (Å²) in [4.78, 5) is 10.8. The number of nitrogens with zero attached hydrogens (tertiary/aromatic N) is 3. The van der Waals surface area contributed by atoms with Gasteiger partial charge in [-0.25, -0.2) is 9.97 Å². The van der Waals surface area contributed by atoms with Gasteiger partial charge in [-0.2, -0.15) is 0 Å². The molecule has 18 heavy (non-hydrogen) atoms. The van der Waals surface area contributed by atoms with Crippen molar-refractivity contribution in [2.45, 2.75) is 19.0 Å². The van der Waals surface area contributed by atoms with Crippen LogP contribution in [0.2, 0.25) is 0 Å². The van der Waals surface area contributed by atoms with Gasteiger partial charge < -0.3 is 10.2 Å². The van der Waals surface area contributed by atoms with Crippen LogP contribution in [-0.4, -0.2) is 22.7 Å². The van der Waals surface area contributed by atoms with Gasteiger partial charge in [0.1, 0.15) is 6.17 Å². The molecule has 1 aromatic carbocycles. The molecule has 4 heteroatoms. The van der Waals surface area contributed by atoms with E-state index in [-0.39, 0.29) is 6.17 Å². The molecular weight excluding hydrogens is 224 g/mol. The van der Waals surface area contributed by atoms with E-state index in [0.717, 1.165) is 13.0 Å². The Morgan fingerprint density at radius 3 is 2.61 bits per heavy atom. The first-order chi connectivity index (χ1) is 8.93. The smallest absolute Gasteiger partial charge is 0.224 e. The summed E-state index contributed by atoms with van der Waals surface area (Å²) < 4.78 is 0. The van der Waals surface area contributed by atoms with E-state index < -0.39 is 0 Å².